The summed E-state index contributed by atoms with van der Waals surface area (Å²) in [4.78, 5) is 15.7. The Labute approximate surface area is 130 Å². The lowest BCUT2D eigenvalue weighted by molar-refractivity contribution is -0.140. The molecule has 0 bridgehead atoms. The van der Waals surface area contributed by atoms with Gasteiger partial charge in [-0.2, -0.15) is 0 Å². The van der Waals surface area contributed by atoms with Crippen LogP contribution < -0.4 is 5.73 Å². The molecule has 6 heteroatoms. The van der Waals surface area contributed by atoms with Crippen molar-refractivity contribution in [1.82, 2.24) is 4.90 Å². The van der Waals surface area contributed by atoms with Gasteiger partial charge in [0.1, 0.15) is 0 Å². The summed E-state index contributed by atoms with van der Waals surface area (Å²) in [6, 6.07) is 4.15. The number of hydrogen-bond acceptors (Lipinski definition) is 4. The highest BCUT2D eigenvalue weighted by molar-refractivity contribution is 7.09. The fourth-order valence-electron chi connectivity index (χ4n) is 2.37. The molecule has 4 nitrogen and oxygen atoms in total. The quantitative estimate of drug-likeness (QED) is 0.904. The molecule has 2 N–H and O–H groups in total. The average molecular weight is 319 g/mol. The minimum atomic E-state index is -0.719. The topological polar surface area (TPSA) is 55.6 Å². The molecule has 114 valence electrons. The second kappa shape index (κ2) is 7.98. The minimum absolute atomic E-state index is 0. The van der Waals surface area contributed by atoms with Crippen molar-refractivity contribution in [2.45, 2.75) is 31.7 Å². The smallest absolute Gasteiger partial charge is 0.242 e. The lowest BCUT2D eigenvalue weighted by Crippen LogP contribution is -2.58. The van der Waals surface area contributed by atoms with E-state index in [1.807, 2.05) is 17.9 Å². The zero-order valence-corrected chi connectivity index (χ0v) is 13.5. The normalized spacial score (nSPS) is 17.3. The van der Waals surface area contributed by atoms with Gasteiger partial charge in [0.15, 0.2) is 0 Å². The van der Waals surface area contributed by atoms with Gasteiger partial charge in [0.2, 0.25) is 5.91 Å². The molecule has 1 aliphatic heterocycles. The van der Waals surface area contributed by atoms with E-state index in [1.54, 1.807) is 11.3 Å². The average Bonchev–Trinajstić information content (AvgIpc) is 2.93. The molecule has 0 spiro atoms. The molecule has 1 aliphatic rings. The first-order valence-electron chi connectivity index (χ1n) is 6.84. The predicted octanol–water partition coefficient (Wildman–Crippen LogP) is 2.07. The van der Waals surface area contributed by atoms with Crippen molar-refractivity contribution in [3.05, 3.63) is 22.4 Å². The number of hydrogen-bond donors (Lipinski definition) is 1. The Morgan fingerprint density at radius 2 is 2.20 bits per heavy atom. The van der Waals surface area contributed by atoms with Gasteiger partial charge < -0.3 is 15.4 Å². The van der Waals surface area contributed by atoms with Crippen LogP contribution in [-0.2, 0) is 16.0 Å². The van der Waals surface area contributed by atoms with E-state index in [9.17, 15) is 4.79 Å². The molecule has 1 aromatic heterocycles. The number of carbonyl (C=O) groups is 1. The predicted molar refractivity (Wildman–Crippen MR) is 84.5 cm³/mol. The molecule has 1 saturated heterocycles. The van der Waals surface area contributed by atoms with Gasteiger partial charge in [-0.3, -0.25) is 4.79 Å². The van der Waals surface area contributed by atoms with Crippen LogP contribution in [0.4, 0.5) is 0 Å². The van der Waals surface area contributed by atoms with Gasteiger partial charge in [-0.15, -0.1) is 23.7 Å². The number of thiophene rings is 1. The highest BCUT2D eigenvalue weighted by atomic mass is 35.5. The first kappa shape index (κ1) is 17.4. The van der Waals surface area contributed by atoms with Crippen molar-refractivity contribution >= 4 is 29.7 Å². The summed E-state index contributed by atoms with van der Waals surface area (Å²) in [5.74, 6) is 0.0786. The standard InChI is InChI=1S/C14H22N2O2S.ClH/c1-2-16(8-5-12-4-3-11-19-12)13(17)14(15)6-9-18-10-7-14;/h3-4,11H,2,5-10,15H2,1H3;1H. The Kier molecular flexibility index (Phi) is 6.95. The summed E-state index contributed by atoms with van der Waals surface area (Å²) in [5, 5.41) is 2.07. The van der Waals surface area contributed by atoms with Crippen molar-refractivity contribution in [2.75, 3.05) is 26.3 Å². The summed E-state index contributed by atoms with van der Waals surface area (Å²) < 4.78 is 5.30. The Hall–Kier alpha value is -0.620. The molecule has 1 amide bonds. The number of rotatable bonds is 5. The molecule has 1 aromatic rings. The molecule has 0 aliphatic carbocycles. The highest BCUT2D eigenvalue weighted by Gasteiger charge is 2.38. The van der Waals surface area contributed by atoms with Gasteiger partial charge in [-0.25, -0.2) is 0 Å². The molecule has 0 saturated carbocycles. The van der Waals surface area contributed by atoms with Gasteiger partial charge in [0, 0.05) is 31.2 Å². The molecular formula is C14H23ClN2O2S. The van der Waals surface area contributed by atoms with Crippen LogP contribution in [0.5, 0.6) is 0 Å². The van der Waals surface area contributed by atoms with Crippen molar-refractivity contribution in [2.24, 2.45) is 5.73 Å². The lowest BCUT2D eigenvalue weighted by Gasteiger charge is -2.36. The van der Waals surface area contributed by atoms with Crippen molar-refractivity contribution in [3.8, 4) is 0 Å². The minimum Gasteiger partial charge on any atom is -0.381 e. The van der Waals surface area contributed by atoms with Crippen molar-refractivity contribution in [1.29, 1.82) is 0 Å². The SMILES string of the molecule is CCN(CCc1cccs1)C(=O)C1(N)CCOCC1.Cl. The van der Waals surface area contributed by atoms with Crippen LogP contribution in [0.3, 0.4) is 0 Å². The fraction of sp³-hybridized carbons (Fsp3) is 0.643. The third-order valence-electron chi connectivity index (χ3n) is 3.69. The highest BCUT2D eigenvalue weighted by Crippen LogP contribution is 2.21. The third-order valence-corrected chi connectivity index (χ3v) is 4.62. The number of carbonyl (C=O) groups excluding carboxylic acids is 1. The van der Waals surface area contributed by atoms with Crippen LogP contribution in [0, 0.1) is 0 Å². The number of halogens is 1. The van der Waals surface area contributed by atoms with E-state index < -0.39 is 5.54 Å². The molecule has 20 heavy (non-hydrogen) atoms. The van der Waals surface area contributed by atoms with Gasteiger partial charge in [-0.1, -0.05) is 6.07 Å². The maximum Gasteiger partial charge on any atom is 0.242 e. The Morgan fingerprint density at radius 3 is 2.75 bits per heavy atom. The second-order valence-corrected chi connectivity index (χ2v) is 6.01. The molecule has 2 rings (SSSR count). The Bertz CT molecular complexity index is 405. The second-order valence-electron chi connectivity index (χ2n) is 4.98. The maximum atomic E-state index is 12.6. The van der Waals surface area contributed by atoms with Crippen LogP contribution >= 0.6 is 23.7 Å². The number of amides is 1. The zero-order chi connectivity index (χ0) is 13.7. The van der Waals surface area contributed by atoms with Crippen LogP contribution in [0.25, 0.3) is 0 Å². The molecule has 0 radical (unpaired) electrons. The van der Waals surface area contributed by atoms with Crippen LogP contribution in [0.15, 0.2) is 17.5 Å². The first-order chi connectivity index (χ1) is 9.15. The number of ether oxygens (including phenoxy) is 1. The summed E-state index contributed by atoms with van der Waals surface area (Å²) >= 11 is 1.73. The number of nitrogens with zero attached hydrogens (tertiary/aromatic N) is 1. The van der Waals surface area contributed by atoms with E-state index in [-0.39, 0.29) is 18.3 Å². The first-order valence-corrected chi connectivity index (χ1v) is 7.72. The lowest BCUT2D eigenvalue weighted by atomic mass is 9.89. The summed E-state index contributed by atoms with van der Waals surface area (Å²) in [6.07, 6.45) is 2.16. The summed E-state index contributed by atoms with van der Waals surface area (Å²) in [6.45, 7) is 4.64. The Balaban J connectivity index is 0.00000200. The summed E-state index contributed by atoms with van der Waals surface area (Å²) in [7, 11) is 0. The monoisotopic (exact) mass is 318 g/mol. The van der Waals surface area contributed by atoms with Gasteiger partial charge in [0.25, 0.3) is 0 Å². The van der Waals surface area contributed by atoms with Crippen LogP contribution in [0.1, 0.15) is 24.6 Å². The third kappa shape index (κ3) is 4.19. The van der Waals surface area contributed by atoms with Crippen LogP contribution in [-0.4, -0.2) is 42.6 Å². The fourth-order valence-corrected chi connectivity index (χ4v) is 3.07. The molecule has 0 atom stereocenters. The molecule has 0 unspecified atom stereocenters. The molecular weight excluding hydrogens is 296 g/mol. The van der Waals surface area contributed by atoms with E-state index in [2.05, 4.69) is 11.4 Å². The van der Waals surface area contributed by atoms with E-state index >= 15 is 0 Å². The molecule has 1 fully saturated rings. The van der Waals surface area contributed by atoms with E-state index in [1.165, 1.54) is 4.88 Å². The van der Waals surface area contributed by atoms with Crippen molar-refractivity contribution < 1.29 is 9.53 Å². The van der Waals surface area contributed by atoms with Crippen LogP contribution in [0.2, 0.25) is 0 Å². The molecule has 2 heterocycles. The number of nitrogens with two attached hydrogens (primary N) is 1. The van der Waals surface area contributed by atoms with E-state index in [0.717, 1.165) is 13.0 Å². The molecule has 0 aromatic carbocycles. The zero-order valence-electron chi connectivity index (χ0n) is 11.8. The van der Waals surface area contributed by atoms with Gasteiger partial charge in [0.05, 0.1) is 5.54 Å². The van der Waals surface area contributed by atoms with Gasteiger partial charge in [-0.05, 0) is 37.6 Å². The largest absolute Gasteiger partial charge is 0.381 e. The maximum absolute atomic E-state index is 12.6. The number of likely N-dealkylation sites (N-methyl/N-ethyl adjacent to an activating group) is 1. The van der Waals surface area contributed by atoms with E-state index in [4.69, 9.17) is 10.5 Å². The summed E-state index contributed by atoms with van der Waals surface area (Å²) in [5.41, 5.74) is 5.54. The van der Waals surface area contributed by atoms with Crippen molar-refractivity contribution in [3.63, 3.8) is 0 Å². The van der Waals surface area contributed by atoms with E-state index in [0.29, 0.717) is 32.6 Å². The van der Waals surface area contributed by atoms with Gasteiger partial charge >= 0.3 is 0 Å². The Morgan fingerprint density at radius 1 is 1.50 bits per heavy atom.